The van der Waals surface area contributed by atoms with E-state index in [0.29, 0.717) is 37.7 Å². The molecule has 9 nitrogen and oxygen atoms in total. The van der Waals surface area contributed by atoms with Crippen LogP contribution in [0.4, 0.5) is 18.9 Å². The molecule has 1 atom stereocenters. The van der Waals surface area contributed by atoms with E-state index in [1.807, 2.05) is 0 Å². The van der Waals surface area contributed by atoms with E-state index in [-0.39, 0.29) is 16.3 Å². The zero-order chi connectivity index (χ0) is 27.1. The lowest BCUT2D eigenvalue weighted by atomic mass is 10.1. The van der Waals surface area contributed by atoms with E-state index in [9.17, 15) is 22.8 Å². The number of ether oxygens (including phenoxy) is 3. The van der Waals surface area contributed by atoms with Gasteiger partial charge in [0.15, 0.2) is 0 Å². The highest BCUT2D eigenvalue weighted by Gasteiger charge is 2.44. The van der Waals surface area contributed by atoms with Gasteiger partial charge in [-0.3, -0.25) is 14.8 Å². The van der Waals surface area contributed by atoms with Crippen LogP contribution in [0, 0.1) is 0 Å². The summed E-state index contributed by atoms with van der Waals surface area (Å²) < 4.78 is 54.7. The molecule has 0 radical (unpaired) electrons. The van der Waals surface area contributed by atoms with Crippen molar-refractivity contribution in [2.45, 2.75) is 12.3 Å². The number of nitrogens with zero attached hydrogens (tertiary/aromatic N) is 2. The van der Waals surface area contributed by atoms with Crippen molar-refractivity contribution in [1.82, 2.24) is 15.1 Å². The van der Waals surface area contributed by atoms with Crippen LogP contribution in [-0.2, 0) is 19.1 Å². The molecule has 1 aliphatic rings. The number of hydrogen-bond acceptors (Lipinski definition) is 7. The van der Waals surface area contributed by atoms with Crippen LogP contribution in [-0.4, -0.2) is 72.6 Å². The molecule has 1 saturated heterocycles. The van der Waals surface area contributed by atoms with Crippen molar-refractivity contribution in [3.05, 3.63) is 65.4 Å². The van der Waals surface area contributed by atoms with E-state index in [2.05, 4.69) is 25.2 Å². The van der Waals surface area contributed by atoms with E-state index in [1.54, 1.807) is 24.5 Å². The van der Waals surface area contributed by atoms with Gasteiger partial charge in [-0.25, -0.2) is 4.79 Å². The van der Waals surface area contributed by atoms with Gasteiger partial charge in [0.2, 0.25) is 6.10 Å². The molecule has 38 heavy (non-hydrogen) atoms. The first-order valence-corrected chi connectivity index (χ1v) is 12.0. The van der Waals surface area contributed by atoms with Gasteiger partial charge in [-0.05, 0) is 18.2 Å². The van der Waals surface area contributed by atoms with Crippen LogP contribution in [0.5, 0.6) is 5.75 Å². The van der Waals surface area contributed by atoms with Crippen molar-refractivity contribution < 1.29 is 37.0 Å². The van der Waals surface area contributed by atoms with Crippen LogP contribution in [0.15, 0.2) is 54.9 Å². The van der Waals surface area contributed by atoms with Gasteiger partial charge in [0.1, 0.15) is 12.4 Å². The highest BCUT2D eigenvalue weighted by Crippen LogP contribution is 2.34. The number of aromatic nitrogens is 2. The first kappa shape index (κ1) is 27.4. The molecule has 1 aromatic heterocycles. The number of morpholine rings is 1. The number of esters is 1. The molecule has 1 amide bonds. The van der Waals surface area contributed by atoms with Gasteiger partial charge in [0.25, 0.3) is 5.91 Å². The van der Waals surface area contributed by atoms with E-state index < -0.39 is 24.2 Å². The Morgan fingerprint density at radius 2 is 1.95 bits per heavy atom. The number of alkyl halides is 3. The summed E-state index contributed by atoms with van der Waals surface area (Å²) in [6.45, 7) is 3.85. The average Bonchev–Trinajstić information content (AvgIpc) is 3.43. The number of nitrogens with one attached hydrogen (secondary N) is 2. The molecule has 13 heteroatoms. The van der Waals surface area contributed by atoms with E-state index in [0.717, 1.165) is 18.7 Å². The summed E-state index contributed by atoms with van der Waals surface area (Å²) in [5.74, 6) is -3.12. The lowest BCUT2D eigenvalue weighted by Gasteiger charge is -2.26. The standard InChI is InChI=1S/C25H24ClF3N4O5/c26-20-4-2-1-3-19(20)22(38-24(35)25(27,28)29)23(34)32-17-5-6-18(16-14-30-31-15-16)21(13-17)37-12-9-33-7-10-36-11-8-33/h1-6,13-15,22H,7-12H2,(H,30,31)(H,32,34). The van der Waals surface area contributed by atoms with E-state index in [4.69, 9.17) is 21.1 Å². The van der Waals surface area contributed by atoms with Crippen molar-refractivity contribution in [3.8, 4) is 16.9 Å². The van der Waals surface area contributed by atoms with Gasteiger partial charge < -0.3 is 19.5 Å². The molecule has 2 heterocycles. The fourth-order valence-electron chi connectivity index (χ4n) is 3.79. The number of H-pyrrole nitrogens is 1. The van der Waals surface area contributed by atoms with Crippen LogP contribution in [0.25, 0.3) is 11.1 Å². The molecule has 4 rings (SSSR count). The minimum absolute atomic E-state index is 0.0370. The third-order valence-corrected chi connectivity index (χ3v) is 6.05. The number of carbonyl (C=O) groups excluding carboxylic acids is 2. The number of anilines is 1. The summed E-state index contributed by atoms with van der Waals surface area (Å²) in [7, 11) is 0. The maximum atomic E-state index is 13.1. The molecule has 1 unspecified atom stereocenters. The van der Waals surface area contributed by atoms with Gasteiger partial charge >= 0.3 is 12.1 Å². The predicted molar refractivity (Wildman–Crippen MR) is 132 cm³/mol. The zero-order valence-corrected chi connectivity index (χ0v) is 20.7. The molecule has 3 aromatic rings. The second-order valence-corrected chi connectivity index (χ2v) is 8.70. The molecule has 0 bridgehead atoms. The Labute approximate surface area is 220 Å². The quantitative estimate of drug-likeness (QED) is 0.383. The second kappa shape index (κ2) is 12.3. The Kier molecular flexibility index (Phi) is 8.87. The Balaban J connectivity index is 1.55. The number of halogens is 4. The van der Waals surface area contributed by atoms with Gasteiger partial charge in [0, 0.05) is 59.3 Å². The first-order valence-electron chi connectivity index (χ1n) is 11.6. The van der Waals surface area contributed by atoms with Gasteiger partial charge in [0.05, 0.1) is 19.4 Å². The molecule has 0 saturated carbocycles. The summed E-state index contributed by atoms with van der Waals surface area (Å²) in [6, 6.07) is 10.4. The van der Waals surface area contributed by atoms with Crippen LogP contribution in [0.2, 0.25) is 5.02 Å². The summed E-state index contributed by atoms with van der Waals surface area (Å²) in [5, 5.41) is 9.15. The molecular weight excluding hydrogens is 529 g/mol. The maximum absolute atomic E-state index is 13.1. The summed E-state index contributed by atoms with van der Waals surface area (Å²) in [5.41, 5.74) is 1.53. The highest BCUT2D eigenvalue weighted by molar-refractivity contribution is 6.31. The van der Waals surface area contributed by atoms with Crippen LogP contribution in [0.1, 0.15) is 11.7 Å². The molecule has 2 N–H and O–H groups in total. The van der Waals surface area contributed by atoms with Crippen molar-refractivity contribution in [3.63, 3.8) is 0 Å². The van der Waals surface area contributed by atoms with Crippen molar-refractivity contribution in [1.29, 1.82) is 0 Å². The minimum Gasteiger partial charge on any atom is -0.492 e. The van der Waals surface area contributed by atoms with Gasteiger partial charge in [-0.15, -0.1) is 0 Å². The number of hydrogen-bond donors (Lipinski definition) is 2. The molecular formula is C25H24ClF3N4O5. The van der Waals surface area contributed by atoms with Gasteiger partial charge in [-0.2, -0.15) is 18.3 Å². The first-order chi connectivity index (χ1) is 18.2. The number of carbonyl (C=O) groups is 2. The molecule has 0 spiro atoms. The zero-order valence-electron chi connectivity index (χ0n) is 20.0. The van der Waals surface area contributed by atoms with E-state index >= 15 is 0 Å². The van der Waals surface area contributed by atoms with E-state index in [1.165, 1.54) is 30.3 Å². The Hall–Kier alpha value is -3.61. The molecule has 1 aliphatic heterocycles. The maximum Gasteiger partial charge on any atom is 0.490 e. The Bertz CT molecular complexity index is 1250. The highest BCUT2D eigenvalue weighted by atomic mass is 35.5. The number of amides is 1. The van der Waals surface area contributed by atoms with Gasteiger partial charge in [-0.1, -0.05) is 29.8 Å². The fraction of sp³-hybridized carbons (Fsp3) is 0.320. The van der Waals surface area contributed by atoms with Crippen LogP contribution < -0.4 is 10.1 Å². The lowest BCUT2D eigenvalue weighted by molar-refractivity contribution is -0.205. The third kappa shape index (κ3) is 7.03. The average molecular weight is 553 g/mol. The normalized spacial score (nSPS) is 15.1. The molecule has 1 fully saturated rings. The predicted octanol–water partition coefficient (Wildman–Crippen LogP) is 4.23. The van der Waals surface area contributed by atoms with Crippen LogP contribution in [0.3, 0.4) is 0 Å². The van der Waals surface area contributed by atoms with Crippen LogP contribution >= 0.6 is 11.6 Å². The molecule has 0 aliphatic carbocycles. The number of benzene rings is 2. The van der Waals surface area contributed by atoms with Crippen molar-refractivity contribution in [2.75, 3.05) is 44.8 Å². The summed E-state index contributed by atoms with van der Waals surface area (Å²) in [6.07, 6.45) is -3.97. The topological polar surface area (TPSA) is 106 Å². The Morgan fingerprint density at radius 3 is 2.63 bits per heavy atom. The molecule has 2 aromatic carbocycles. The number of aromatic amines is 1. The SMILES string of the molecule is O=C(Nc1ccc(-c2cn[nH]c2)c(OCCN2CCOCC2)c1)C(OC(=O)C(F)(F)F)c1ccccc1Cl. The lowest BCUT2D eigenvalue weighted by Crippen LogP contribution is -2.38. The van der Waals surface area contributed by atoms with Crippen molar-refractivity contribution >= 4 is 29.2 Å². The largest absolute Gasteiger partial charge is 0.492 e. The minimum atomic E-state index is -5.30. The monoisotopic (exact) mass is 552 g/mol. The second-order valence-electron chi connectivity index (χ2n) is 8.29. The molecule has 202 valence electrons. The summed E-state index contributed by atoms with van der Waals surface area (Å²) in [4.78, 5) is 26.9. The van der Waals surface area contributed by atoms with Crippen molar-refractivity contribution in [2.24, 2.45) is 0 Å². The number of rotatable bonds is 9. The fourth-order valence-corrected chi connectivity index (χ4v) is 4.03. The smallest absolute Gasteiger partial charge is 0.490 e. The Morgan fingerprint density at radius 1 is 1.18 bits per heavy atom. The summed E-state index contributed by atoms with van der Waals surface area (Å²) >= 11 is 6.09. The third-order valence-electron chi connectivity index (χ3n) is 5.71.